The van der Waals surface area contributed by atoms with E-state index in [1.807, 2.05) is 19.1 Å². The molecule has 1 unspecified atom stereocenters. The van der Waals surface area contributed by atoms with Crippen LogP contribution in [-0.2, 0) is 11.2 Å². The van der Waals surface area contributed by atoms with Crippen LogP contribution in [0.1, 0.15) is 38.2 Å². The number of nitrogens with one attached hydrogen (secondary N) is 2. The van der Waals surface area contributed by atoms with Crippen LogP contribution >= 0.6 is 0 Å². The number of hydrogen-bond donors (Lipinski definition) is 2. The van der Waals surface area contributed by atoms with Crippen LogP contribution in [0.2, 0.25) is 0 Å². The van der Waals surface area contributed by atoms with Crippen LogP contribution in [0.15, 0.2) is 36.8 Å². The van der Waals surface area contributed by atoms with Crippen LogP contribution in [-0.4, -0.2) is 38.4 Å². The third-order valence-electron chi connectivity index (χ3n) is 5.15. The van der Waals surface area contributed by atoms with Crippen molar-refractivity contribution in [2.24, 2.45) is 0 Å². The maximum absolute atomic E-state index is 13.8. The van der Waals surface area contributed by atoms with Crippen molar-refractivity contribution < 1.29 is 9.13 Å². The predicted molar refractivity (Wildman–Crippen MR) is 102 cm³/mol. The molecular formula is C20H24FN5O. The Hall–Kier alpha value is -2.54. The lowest BCUT2D eigenvalue weighted by atomic mass is 9.92. The largest absolute Gasteiger partial charge is 0.375 e. The Bertz CT molecular complexity index is 891. The Labute approximate surface area is 157 Å². The van der Waals surface area contributed by atoms with Gasteiger partial charge in [0.15, 0.2) is 5.65 Å². The minimum atomic E-state index is -0.156. The third-order valence-corrected chi connectivity index (χ3v) is 5.15. The van der Waals surface area contributed by atoms with Crippen molar-refractivity contribution in [3.8, 4) is 0 Å². The highest BCUT2D eigenvalue weighted by Crippen LogP contribution is 2.27. The Kier molecular flexibility index (Phi) is 5.29. The summed E-state index contributed by atoms with van der Waals surface area (Å²) in [6, 6.07) is 7.27. The van der Waals surface area contributed by atoms with Gasteiger partial charge in [-0.1, -0.05) is 18.2 Å². The first kappa shape index (κ1) is 17.9. The maximum Gasteiger partial charge on any atom is 0.160 e. The highest BCUT2D eigenvalue weighted by Gasteiger charge is 2.24. The van der Waals surface area contributed by atoms with Gasteiger partial charge in [0.05, 0.1) is 23.8 Å². The third kappa shape index (κ3) is 4.24. The van der Waals surface area contributed by atoms with E-state index in [1.165, 1.54) is 6.07 Å². The average molecular weight is 369 g/mol. The number of nitrogens with zero attached hydrogens (tertiary/aromatic N) is 3. The van der Waals surface area contributed by atoms with E-state index < -0.39 is 0 Å². The fourth-order valence-corrected chi connectivity index (χ4v) is 3.77. The molecule has 1 fully saturated rings. The van der Waals surface area contributed by atoms with Gasteiger partial charge in [0.1, 0.15) is 18.0 Å². The first-order chi connectivity index (χ1) is 13.2. The fraction of sp³-hybridized carbons (Fsp3) is 0.450. The highest BCUT2D eigenvalue weighted by atomic mass is 19.1. The van der Waals surface area contributed by atoms with E-state index in [4.69, 9.17) is 4.74 Å². The molecule has 2 heterocycles. The van der Waals surface area contributed by atoms with Gasteiger partial charge in [0.25, 0.3) is 0 Å². The summed E-state index contributed by atoms with van der Waals surface area (Å²) in [5, 5.41) is 11.3. The normalized spacial score (nSPS) is 21.3. The van der Waals surface area contributed by atoms with Gasteiger partial charge >= 0.3 is 0 Å². The van der Waals surface area contributed by atoms with Crippen LogP contribution in [0.3, 0.4) is 0 Å². The first-order valence-corrected chi connectivity index (χ1v) is 9.48. The number of fused-ring (bicyclic) bond motifs is 1. The number of rotatable bonds is 6. The number of aromatic nitrogens is 4. The molecule has 0 radical (unpaired) electrons. The minimum Gasteiger partial charge on any atom is -0.375 e. The zero-order valence-corrected chi connectivity index (χ0v) is 15.4. The number of aromatic amines is 1. The van der Waals surface area contributed by atoms with E-state index in [9.17, 15) is 4.39 Å². The van der Waals surface area contributed by atoms with Gasteiger partial charge in [-0.15, -0.1) is 0 Å². The molecule has 1 aromatic carbocycles. The van der Waals surface area contributed by atoms with Crippen molar-refractivity contribution in [1.82, 2.24) is 20.2 Å². The average Bonchev–Trinajstić information content (AvgIpc) is 3.15. The molecule has 27 heavy (non-hydrogen) atoms. The minimum absolute atomic E-state index is 0.00355. The maximum atomic E-state index is 13.8. The van der Waals surface area contributed by atoms with E-state index in [0.29, 0.717) is 18.0 Å². The molecule has 2 N–H and O–H groups in total. The quantitative estimate of drug-likeness (QED) is 0.690. The first-order valence-electron chi connectivity index (χ1n) is 9.48. The molecule has 1 saturated carbocycles. The standard InChI is InChI=1S/C20H24FN5O/c1-13(10-14-4-2-3-5-18(14)21)27-16-8-6-15(7-9-16)25-19-17-11-24-26-20(17)23-12-22-19/h2-5,11-13,15-16H,6-10H2,1H3,(H2,22,23,24,25,26). The summed E-state index contributed by atoms with van der Waals surface area (Å²) < 4.78 is 20.0. The van der Waals surface area contributed by atoms with Gasteiger partial charge in [-0.05, 0) is 44.2 Å². The monoisotopic (exact) mass is 369 g/mol. The number of anilines is 1. The van der Waals surface area contributed by atoms with Gasteiger partial charge in [0, 0.05) is 12.5 Å². The van der Waals surface area contributed by atoms with Gasteiger partial charge < -0.3 is 10.1 Å². The summed E-state index contributed by atoms with van der Waals surface area (Å²) in [4.78, 5) is 8.51. The molecule has 0 bridgehead atoms. The lowest BCUT2D eigenvalue weighted by molar-refractivity contribution is -0.0219. The van der Waals surface area contributed by atoms with Crippen molar-refractivity contribution in [2.45, 2.75) is 57.3 Å². The predicted octanol–water partition coefficient (Wildman–Crippen LogP) is 3.86. The molecule has 2 aromatic heterocycles. The SMILES string of the molecule is CC(Cc1ccccc1F)OC1CCC(Nc2ncnc3[nH]ncc23)CC1. The molecule has 6 nitrogen and oxygen atoms in total. The van der Waals surface area contributed by atoms with E-state index in [2.05, 4.69) is 25.5 Å². The van der Waals surface area contributed by atoms with Crippen LogP contribution in [0, 0.1) is 5.82 Å². The van der Waals surface area contributed by atoms with E-state index >= 15 is 0 Å². The number of hydrogen-bond acceptors (Lipinski definition) is 5. The van der Waals surface area contributed by atoms with Crippen LogP contribution in [0.25, 0.3) is 11.0 Å². The molecule has 1 atom stereocenters. The molecule has 1 aliphatic carbocycles. The summed E-state index contributed by atoms with van der Waals surface area (Å²) in [6.45, 7) is 2.02. The molecule has 3 aromatic rings. The molecule has 0 aliphatic heterocycles. The van der Waals surface area contributed by atoms with Crippen LogP contribution in [0.5, 0.6) is 0 Å². The molecule has 4 rings (SSSR count). The molecule has 1 aliphatic rings. The molecule has 0 spiro atoms. The summed E-state index contributed by atoms with van der Waals surface area (Å²) >= 11 is 0. The number of ether oxygens (including phenoxy) is 1. The summed E-state index contributed by atoms with van der Waals surface area (Å²) in [5.41, 5.74) is 1.46. The zero-order valence-electron chi connectivity index (χ0n) is 15.4. The number of benzene rings is 1. The molecule has 0 amide bonds. The second kappa shape index (κ2) is 8.00. The lowest BCUT2D eigenvalue weighted by Crippen LogP contribution is -2.32. The van der Waals surface area contributed by atoms with E-state index in [-0.39, 0.29) is 18.0 Å². The summed E-state index contributed by atoms with van der Waals surface area (Å²) in [5.74, 6) is 0.669. The van der Waals surface area contributed by atoms with Gasteiger partial charge in [-0.25, -0.2) is 14.4 Å². The Morgan fingerprint density at radius 1 is 1.22 bits per heavy atom. The highest BCUT2D eigenvalue weighted by molar-refractivity contribution is 5.85. The Morgan fingerprint density at radius 2 is 2.04 bits per heavy atom. The van der Waals surface area contributed by atoms with Crippen LogP contribution < -0.4 is 5.32 Å². The number of halogens is 1. The van der Waals surface area contributed by atoms with Crippen molar-refractivity contribution in [3.05, 3.63) is 48.2 Å². The van der Waals surface area contributed by atoms with Gasteiger partial charge in [-0.2, -0.15) is 5.10 Å². The van der Waals surface area contributed by atoms with E-state index in [1.54, 1.807) is 18.6 Å². The molecule has 7 heteroatoms. The van der Waals surface area contributed by atoms with Crippen LogP contribution in [0.4, 0.5) is 10.2 Å². The van der Waals surface area contributed by atoms with Crippen molar-refractivity contribution in [2.75, 3.05) is 5.32 Å². The van der Waals surface area contributed by atoms with Gasteiger partial charge in [-0.3, -0.25) is 5.10 Å². The van der Waals surface area contributed by atoms with E-state index in [0.717, 1.165) is 42.5 Å². The number of H-pyrrole nitrogens is 1. The second-order valence-corrected chi connectivity index (χ2v) is 7.21. The summed E-state index contributed by atoms with van der Waals surface area (Å²) in [7, 11) is 0. The molecule has 0 saturated heterocycles. The van der Waals surface area contributed by atoms with Crippen molar-refractivity contribution in [1.29, 1.82) is 0 Å². The zero-order chi connectivity index (χ0) is 18.6. The lowest BCUT2D eigenvalue weighted by Gasteiger charge is -2.31. The second-order valence-electron chi connectivity index (χ2n) is 7.21. The Balaban J connectivity index is 1.27. The summed E-state index contributed by atoms with van der Waals surface area (Å²) in [6.07, 6.45) is 8.12. The van der Waals surface area contributed by atoms with Crippen molar-refractivity contribution in [3.63, 3.8) is 0 Å². The topological polar surface area (TPSA) is 75.7 Å². The smallest absolute Gasteiger partial charge is 0.160 e. The molecule has 142 valence electrons. The fourth-order valence-electron chi connectivity index (χ4n) is 3.77. The van der Waals surface area contributed by atoms with Crippen molar-refractivity contribution >= 4 is 16.9 Å². The molecular weight excluding hydrogens is 345 g/mol. The Morgan fingerprint density at radius 3 is 2.85 bits per heavy atom. The van der Waals surface area contributed by atoms with Gasteiger partial charge in [0.2, 0.25) is 0 Å².